The van der Waals surface area contributed by atoms with E-state index in [9.17, 15) is 4.79 Å². The van der Waals surface area contributed by atoms with Gasteiger partial charge in [-0.25, -0.2) is 0 Å². The summed E-state index contributed by atoms with van der Waals surface area (Å²) < 4.78 is 0. The monoisotopic (exact) mass is 284 g/mol. The number of nitrogens with zero attached hydrogens (tertiary/aromatic N) is 3. The SMILES string of the molecule is CC1(CN)CCN(C(=O)c2ccc3nccnc3c2)CC1. The summed E-state index contributed by atoms with van der Waals surface area (Å²) in [5.74, 6) is 0.0709. The highest BCUT2D eigenvalue weighted by Gasteiger charge is 2.31. The molecule has 0 saturated carbocycles. The van der Waals surface area contributed by atoms with Crippen molar-refractivity contribution in [3.8, 4) is 0 Å². The van der Waals surface area contributed by atoms with Gasteiger partial charge in [-0.05, 0) is 43.0 Å². The Balaban J connectivity index is 1.78. The van der Waals surface area contributed by atoms with Crippen molar-refractivity contribution in [2.24, 2.45) is 11.1 Å². The molecule has 21 heavy (non-hydrogen) atoms. The van der Waals surface area contributed by atoms with Crippen molar-refractivity contribution in [3.05, 3.63) is 36.2 Å². The van der Waals surface area contributed by atoms with Crippen LogP contribution < -0.4 is 5.73 Å². The molecule has 110 valence electrons. The summed E-state index contributed by atoms with van der Waals surface area (Å²) in [6.07, 6.45) is 5.22. The van der Waals surface area contributed by atoms with Crippen LogP contribution in [0.3, 0.4) is 0 Å². The van der Waals surface area contributed by atoms with Gasteiger partial charge < -0.3 is 10.6 Å². The Kier molecular flexibility index (Phi) is 3.59. The second-order valence-electron chi connectivity index (χ2n) is 6.07. The van der Waals surface area contributed by atoms with Crippen LogP contribution in [0.1, 0.15) is 30.1 Å². The average Bonchev–Trinajstić information content (AvgIpc) is 2.54. The lowest BCUT2D eigenvalue weighted by Gasteiger charge is -2.38. The normalized spacial score (nSPS) is 17.9. The first kappa shape index (κ1) is 13.9. The molecule has 0 bridgehead atoms. The van der Waals surface area contributed by atoms with Crippen LogP contribution in [0.2, 0.25) is 0 Å². The fourth-order valence-corrected chi connectivity index (χ4v) is 2.73. The van der Waals surface area contributed by atoms with Crippen molar-refractivity contribution in [1.82, 2.24) is 14.9 Å². The predicted octanol–water partition coefficient (Wildman–Crippen LogP) is 1.83. The summed E-state index contributed by atoms with van der Waals surface area (Å²) in [5, 5.41) is 0. The van der Waals surface area contributed by atoms with E-state index < -0.39 is 0 Å². The van der Waals surface area contributed by atoms with Gasteiger partial charge in [0.2, 0.25) is 0 Å². The minimum atomic E-state index is 0.0709. The van der Waals surface area contributed by atoms with Crippen LogP contribution in [0.4, 0.5) is 0 Å². The molecule has 5 heteroatoms. The number of nitrogens with two attached hydrogens (primary N) is 1. The third-order valence-corrected chi connectivity index (χ3v) is 4.47. The van der Waals surface area contributed by atoms with Gasteiger partial charge in [0.05, 0.1) is 11.0 Å². The molecule has 3 rings (SSSR count). The van der Waals surface area contributed by atoms with Crippen molar-refractivity contribution in [2.45, 2.75) is 19.8 Å². The summed E-state index contributed by atoms with van der Waals surface area (Å²) in [5.41, 5.74) is 8.23. The molecule has 1 amide bonds. The standard InChI is InChI=1S/C16H20N4O/c1-16(11-17)4-8-20(9-5-16)15(21)12-2-3-13-14(10-12)19-7-6-18-13/h2-3,6-7,10H,4-5,8-9,11,17H2,1H3. The molecule has 1 aromatic heterocycles. The number of rotatable bonds is 2. The molecule has 5 nitrogen and oxygen atoms in total. The molecule has 1 aliphatic rings. The van der Waals surface area contributed by atoms with Gasteiger partial charge in [-0.2, -0.15) is 0 Å². The lowest BCUT2D eigenvalue weighted by molar-refractivity contribution is 0.0617. The molecular weight excluding hydrogens is 264 g/mol. The van der Waals surface area contributed by atoms with Gasteiger partial charge in [0.25, 0.3) is 5.91 Å². The van der Waals surface area contributed by atoms with E-state index in [1.54, 1.807) is 12.4 Å². The number of hydrogen-bond acceptors (Lipinski definition) is 4. The van der Waals surface area contributed by atoms with E-state index in [0.717, 1.165) is 37.0 Å². The Morgan fingerprint density at radius 2 is 1.90 bits per heavy atom. The zero-order valence-corrected chi connectivity index (χ0v) is 12.2. The van der Waals surface area contributed by atoms with Crippen molar-refractivity contribution >= 4 is 16.9 Å². The third kappa shape index (κ3) is 2.74. The van der Waals surface area contributed by atoms with E-state index >= 15 is 0 Å². The minimum Gasteiger partial charge on any atom is -0.339 e. The zero-order valence-electron chi connectivity index (χ0n) is 12.2. The molecule has 1 fully saturated rings. The first-order valence-corrected chi connectivity index (χ1v) is 7.31. The summed E-state index contributed by atoms with van der Waals surface area (Å²) in [6, 6.07) is 5.50. The zero-order chi connectivity index (χ0) is 14.9. The summed E-state index contributed by atoms with van der Waals surface area (Å²) in [6.45, 7) is 4.41. The van der Waals surface area contributed by atoms with Crippen LogP contribution >= 0.6 is 0 Å². The van der Waals surface area contributed by atoms with Crippen molar-refractivity contribution in [2.75, 3.05) is 19.6 Å². The van der Waals surface area contributed by atoms with Crippen LogP contribution in [0.5, 0.6) is 0 Å². The Morgan fingerprint density at radius 1 is 1.24 bits per heavy atom. The molecule has 2 N–H and O–H groups in total. The Morgan fingerprint density at radius 3 is 2.57 bits per heavy atom. The van der Waals surface area contributed by atoms with Gasteiger partial charge in [-0.1, -0.05) is 6.92 Å². The molecule has 1 aromatic carbocycles. The summed E-state index contributed by atoms with van der Waals surface area (Å²) in [7, 11) is 0. The summed E-state index contributed by atoms with van der Waals surface area (Å²) in [4.78, 5) is 23.0. The molecule has 0 unspecified atom stereocenters. The van der Waals surface area contributed by atoms with E-state index in [-0.39, 0.29) is 11.3 Å². The third-order valence-electron chi connectivity index (χ3n) is 4.47. The highest BCUT2D eigenvalue weighted by Crippen LogP contribution is 2.30. The van der Waals surface area contributed by atoms with E-state index in [2.05, 4.69) is 16.9 Å². The quantitative estimate of drug-likeness (QED) is 0.913. The van der Waals surface area contributed by atoms with E-state index in [4.69, 9.17) is 5.73 Å². The van der Waals surface area contributed by atoms with Crippen LogP contribution in [-0.2, 0) is 0 Å². The van der Waals surface area contributed by atoms with Gasteiger partial charge in [0, 0.05) is 31.0 Å². The first-order valence-electron chi connectivity index (χ1n) is 7.31. The average molecular weight is 284 g/mol. The lowest BCUT2D eigenvalue weighted by Crippen LogP contribution is -2.44. The topological polar surface area (TPSA) is 72.1 Å². The number of likely N-dealkylation sites (tertiary alicyclic amines) is 1. The van der Waals surface area contributed by atoms with Gasteiger partial charge in [-0.3, -0.25) is 14.8 Å². The van der Waals surface area contributed by atoms with Gasteiger partial charge >= 0.3 is 0 Å². The highest BCUT2D eigenvalue weighted by atomic mass is 16.2. The maximum atomic E-state index is 12.6. The molecule has 2 heterocycles. The number of benzene rings is 1. The number of carbonyl (C=O) groups is 1. The predicted molar refractivity (Wildman–Crippen MR) is 81.8 cm³/mol. The van der Waals surface area contributed by atoms with Crippen LogP contribution in [-0.4, -0.2) is 40.4 Å². The second-order valence-corrected chi connectivity index (χ2v) is 6.07. The van der Waals surface area contributed by atoms with Gasteiger partial charge in [-0.15, -0.1) is 0 Å². The molecular formula is C16H20N4O. The van der Waals surface area contributed by atoms with Crippen LogP contribution in [0, 0.1) is 5.41 Å². The fraction of sp³-hybridized carbons (Fsp3) is 0.438. The Bertz CT molecular complexity index is 662. The first-order chi connectivity index (χ1) is 10.1. The fourth-order valence-electron chi connectivity index (χ4n) is 2.73. The van der Waals surface area contributed by atoms with E-state index in [0.29, 0.717) is 12.1 Å². The number of carbonyl (C=O) groups excluding carboxylic acids is 1. The number of hydrogen-bond donors (Lipinski definition) is 1. The Hall–Kier alpha value is -2.01. The van der Waals surface area contributed by atoms with Crippen LogP contribution in [0.15, 0.2) is 30.6 Å². The van der Waals surface area contributed by atoms with Gasteiger partial charge in [0.1, 0.15) is 0 Å². The number of aromatic nitrogens is 2. The van der Waals surface area contributed by atoms with E-state index in [1.807, 2.05) is 23.1 Å². The Labute approximate surface area is 124 Å². The maximum Gasteiger partial charge on any atom is 0.253 e. The molecule has 0 aliphatic carbocycles. The van der Waals surface area contributed by atoms with Crippen molar-refractivity contribution in [3.63, 3.8) is 0 Å². The molecule has 2 aromatic rings. The molecule has 0 spiro atoms. The number of amides is 1. The molecule has 0 radical (unpaired) electrons. The van der Waals surface area contributed by atoms with E-state index in [1.165, 1.54) is 0 Å². The number of piperidine rings is 1. The highest BCUT2D eigenvalue weighted by molar-refractivity contribution is 5.97. The van der Waals surface area contributed by atoms with Gasteiger partial charge in [0.15, 0.2) is 0 Å². The molecule has 1 aliphatic heterocycles. The second kappa shape index (κ2) is 5.41. The van der Waals surface area contributed by atoms with Crippen LogP contribution in [0.25, 0.3) is 11.0 Å². The summed E-state index contributed by atoms with van der Waals surface area (Å²) >= 11 is 0. The lowest BCUT2D eigenvalue weighted by atomic mass is 9.80. The smallest absolute Gasteiger partial charge is 0.253 e. The largest absolute Gasteiger partial charge is 0.339 e. The van der Waals surface area contributed by atoms with Crippen molar-refractivity contribution < 1.29 is 4.79 Å². The number of fused-ring (bicyclic) bond motifs is 1. The minimum absolute atomic E-state index is 0.0709. The maximum absolute atomic E-state index is 12.6. The van der Waals surface area contributed by atoms with Crippen molar-refractivity contribution in [1.29, 1.82) is 0 Å². The molecule has 1 saturated heterocycles. The molecule has 0 atom stereocenters.